The Morgan fingerprint density at radius 2 is 2.17 bits per heavy atom. The van der Waals surface area contributed by atoms with Gasteiger partial charge in [0, 0.05) is 30.6 Å². The van der Waals surface area contributed by atoms with Crippen LogP contribution in [0.15, 0.2) is 6.07 Å². The van der Waals surface area contributed by atoms with Crippen LogP contribution in [-0.2, 0) is 4.74 Å². The van der Waals surface area contributed by atoms with Crippen LogP contribution in [0.4, 0.5) is 5.82 Å². The number of hydrogen-bond donors (Lipinski definition) is 1. The molecule has 1 N–H and O–H groups in total. The first kappa shape index (κ1) is 13.6. The zero-order valence-electron chi connectivity index (χ0n) is 11.1. The fourth-order valence-corrected chi connectivity index (χ4v) is 2.26. The van der Waals surface area contributed by atoms with Crippen LogP contribution in [0.5, 0.6) is 0 Å². The highest BCUT2D eigenvalue weighted by Crippen LogP contribution is 2.22. The molecule has 0 aromatic carbocycles. The average Bonchev–Trinajstić information content (AvgIpc) is 2.81. The fourth-order valence-electron chi connectivity index (χ4n) is 2.07. The Balaban J connectivity index is 2.08. The molecule has 0 spiro atoms. The highest BCUT2D eigenvalue weighted by molar-refractivity contribution is 6.29. The SMILES string of the molecule is CC(C)c1nc(Cl)cc(NC(C)C2CCOC2)n1. The summed E-state index contributed by atoms with van der Waals surface area (Å²) >= 11 is 6.02. The van der Waals surface area contributed by atoms with Crippen molar-refractivity contribution >= 4 is 17.4 Å². The predicted molar refractivity (Wildman–Crippen MR) is 73.1 cm³/mol. The van der Waals surface area contributed by atoms with Crippen LogP contribution >= 0.6 is 11.6 Å². The number of nitrogens with zero attached hydrogens (tertiary/aromatic N) is 2. The Bertz CT molecular complexity index is 405. The van der Waals surface area contributed by atoms with E-state index in [1.807, 2.05) is 0 Å². The summed E-state index contributed by atoms with van der Waals surface area (Å²) in [6.07, 6.45) is 1.10. The maximum Gasteiger partial charge on any atom is 0.135 e. The lowest BCUT2D eigenvalue weighted by Gasteiger charge is -2.20. The minimum absolute atomic E-state index is 0.273. The monoisotopic (exact) mass is 269 g/mol. The van der Waals surface area contributed by atoms with Crippen molar-refractivity contribution in [3.63, 3.8) is 0 Å². The summed E-state index contributed by atoms with van der Waals surface area (Å²) < 4.78 is 5.40. The van der Waals surface area contributed by atoms with E-state index in [0.29, 0.717) is 17.1 Å². The molecule has 2 unspecified atom stereocenters. The third-order valence-electron chi connectivity index (χ3n) is 3.28. The molecule has 1 aliphatic rings. The molecule has 1 aromatic rings. The van der Waals surface area contributed by atoms with Gasteiger partial charge in [-0.1, -0.05) is 25.4 Å². The number of ether oxygens (including phenoxy) is 1. The molecule has 2 rings (SSSR count). The maximum absolute atomic E-state index is 6.02. The van der Waals surface area contributed by atoms with Crippen molar-refractivity contribution in [2.45, 2.75) is 39.2 Å². The number of aromatic nitrogens is 2. The van der Waals surface area contributed by atoms with E-state index in [0.717, 1.165) is 31.3 Å². The zero-order valence-corrected chi connectivity index (χ0v) is 11.9. The molecular weight excluding hydrogens is 250 g/mol. The van der Waals surface area contributed by atoms with E-state index in [1.165, 1.54) is 0 Å². The van der Waals surface area contributed by atoms with Crippen molar-refractivity contribution in [3.8, 4) is 0 Å². The van der Waals surface area contributed by atoms with Crippen molar-refractivity contribution in [3.05, 3.63) is 17.0 Å². The van der Waals surface area contributed by atoms with Crippen LogP contribution < -0.4 is 5.32 Å². The summed E-state index contributed by atoms with van der Waals surface area (Å²) in [4.78, 5) is 8.72. The Hall–Kier alpha value is -0.870. The van der Waals surface area contributed by atoms with Crippen molar-refractivity contribution in [2.75, 3.05) is 18.5 Å². The zero-order chi connectivity index (χ0) is 13.1. The predicted octanol–water partition coefficient (Wildman–Crippen LogP) is 3.09. The van der Waals surface area contributed by atoms with Gasteiger partial charge in [-0.05, 0) is 13.3 Å². The third-order valence-corrected chi connectivity index (χ3v) is 3.47. The highest BCUT2D eigenvalue weighted by Gasteiger charge is 2.22. The molecule has 100 valence electrons. The molecule has 2 atom stereocenters. The topological polar surface area (TPSA) is 47.0 Å². The second-order valence-corrected chi connectivity index (χ2v) is 5.53. The minimum Gasteiger partial charge on any atom is -0.381 e. The molecule has 2 heterocycles. The Kier molecular flexibility index (Phi) is 4.40. The van der Waals surface area contributed by atoms with Crippen LogP contribution in [0.25, 0.3) is 0 Å². The lowest BCUT2D eigenvalue weighted by atomic mass is 10.0. The molecule has 18 heavy (non-hydrogen) atoms. The molecule has 1 fully saturated rings. The van der Waals surface area contributed by atoms with E-state index in [4.69, 9.17) is 16.3 Å². The van der Waals surface area contributed by atoms with Gasteiger partial charge in [0.05, 0.1) is 6.61 Å². The number of nitrogens with one attached hydrogen (secondary N) is 1. The van der Waals surface area contributed by atoms with Gasteiger partial charge in [-0.3, -0.25) is 0 Å². The van der Waals surface area contributed by atoms with Gasteiger partial charge in [0.2, 0.25) is 0 Å². The van der Waals surface area contributed by atoms with Crippen molar-refractivity contribution in [2.24, 2.45) is 5.92 Å². The first-order valence-corrected chi connectivity index (χ1v) is 6.83. The van der Waals surface area contributed by atoms with Gasteiger partial charge in [-0.25, -0.2) is 9.97 Å². The lowest BCUT2D eigenvalue weighted by molar-refractivity contribution is 0.183. The smallest absolute Gasteiger partial charge is 0.135 e. The summed E-state index contributed by atoms with van der Waals surface area (Å²) in [5.41, 5.74) is 0. The summed E-state index contributed by atoms with van der Waals surface area (Å²) in [6.45, 7) is 7.96. The van der Waals surface area contributed by atoms with Crippen LogP contribution in [0, 0.1) is 5.92 Å². The first-order valence-electron chi connectivity index (χ1n) is 6.45. The van der Waals surface area contributed by atoms with Crippen LogP contribution in [-0.4, -0.2) is 29.2 Å². The van der Waals surface area contributed by atoms with Gasteiger partial charge in [0.15, 0.2) is 0 Å². The summed E-state index contributed by atoms with van der Waals surface area (Å²) in [5, 5.41) is 3.90. The number of anilines is 1. The van der Waals surface area contributed by atoms with Crippen molar-refractivity contribution in [1.29, 1.82) is 0 Å². The molecule has 4 nitrogen and oxygen atoms in total. The Labute approximate surface area is 113 Å². The number of halogens is 1. The molecule has 0 aliphatic carbocycles. The summed E-state index contributed by atoms with van der Waals surface area (Å²) in [7, 11) is 0. The molecule has 1 aromatic heterocycles. The largest absolute Gasteiger partial charge is 0.381 e. The van der Waals surface area contributed by atoms with Crippen LogP contribution in [0.3, 0.4) is 0 Å². The third kappa shape index (κ3) is 3.33. The standard InChI is InChI=1S/C13H20ClN3O/c1-8(2)13-16-11(14)6-12(17-13)15-9(3)10-4-5-18-7-10/h6,8-10H,4-5,7H2,1-3H3,(H,15,16,17). The van der Waals surface area contributed by atoms with E-state index >= 15 is 0 Å². The van der Waals surface area contributed by atoms with Crippen molar-refractivity contribution < 1.29 is 4.74 Å². The highest BCUT2D eigenvalue weighted by atomic mass is 35.5. The molecule has 0 saturated carbocycles. The fraction of sp³-hybridized carbons (Fsp3) is 0.692. The quantitative estimate of drug-likeness (QED) is 0.854. The molecule has 1 saturated heterocycles. The number of hydrogen-bond acceptors (Lipinski definition) is 4. The maximum atomic E-state index is 6.02. The molecular formula is C13H20ClN3O. The lowest BCUT2D eigenvalue weighted by Crippen LogP contribution is -2.26. The van der Waals surface area contributed by atoms with Gasteiger partial charge in [-0.15, -0.1) is 0 Å². The van der Waals surface area contributed by atoms with E-state index in [9.17, 15) is 0 Å². The molecule has 5 heteroatoms. The molecule has 0 radical (unpaired) electrons. The molecule has 0 amide bonds. The normalized spacial score (nSPS) is 21.3. The minimum atomic E-state index is 0.273. The van der Waals surface area contributed by atoms with Gasteiger partial charge < -0.3 is 10.1 Å². The van der Waals surface area contributed by atoms with Gasteiger partial charge in [0.25, 0.3) is 0 Å². The van der Waals surface area contributed by atoms with Crippen LogP contribution in [0.1, 0.15) is 38.9 Å². The molecule has 1 aliphatic heterocycles. The van der Waals surface area contributed by atoms with Gasteiger partial charge >= 0.3 is 0 Å². The Morgan fingerprint density at radius 3 is 2.78 bits per heavy atom. The second-order valence-electron chi connectivity index (χ2n) is 5.15. The summed E-state index contributed by atoms with van der Waals surface area (Å²) in [6, 6.07) is 2.11. The van der Waals surface area contributed by atoms with Gasteiger partial charge in [-0.2, -0.15) is 0 Å². The average molecular weight is 270 g/mol. The van der Waals surface area contributed by atoms with E-state index < -0.39 is 0 Å². The van der Waals surface area contributed by atoms with Crippen molar-refractivity contribution in [1.82, 2.24) is 9.97 Å². The first-order chi connectivity index (χ1) is 8.56. The number of rotatable bonds is 4. The van der Waals surface area contributed by atoms with E-state index in [-0.39, 0.29) is 5.92 Å². The van der Waals surface area contributed by atoms with E-state index in [2.05, 4.69) is 36.1 Å². The van der Waals surface area contributed by atoms with Gasteiger partial charge in [0.1, 0.15) is 16.8 Å². The van der Waals surface area contributed by atoms with E-state index in [1.54, 1.807) is 6.07 Å². The Morgan fingerprint density at radius 1 is 1.39 bits per heavy atom. The second kappa shape index (κ2) is 5.85. The molecule has 0 bridgehead atoms. The summed E-state index contributed by atoms with van der Waals surface area (Å²) in [5.74, 6) is 2.40. The van der Waals surface area contributed by atoms with Crippen LogP contribution in [0.2, 0.25) is 5.15 Å².